The highest BCUT2D eigenvalue weighted by molar-refractivity contribution is 5.66. The van der Waals surface area contributed by atoms with E-state index in [4.69, 9.17) is 5.11 Å². The van der Waals surface area contributed by atoms with Crippen LogP contribution in [-0.2, 0) is 18.4 Å². The third-order valence-electron chi connectivity index (χ3n) is 5.80. The predicted molar refractivity (Wildman–Crippen MR) is 96.3 cm³/mol. The summed E-state index contributed by atoms with van der Waals surface area (Å²) in [6, 6.07) is 0.519. The first-order valence-corrected chi connectivity index (χ1v) is 9.36. The number of carbonyl (C=O) groups is 1. The first kappa shape index (κ1) is 18.4. The summed E-state index contributed by atoms with van der Waals surface area (Å²) in [5, 5.41) is 9.14. The molecular formula is C18H31N5O2. The molecule has 0 amide bonds. The van der Waals surface area contributed by atoms with Crippen LogP contribution in [0.3, 0.4) is 0 Å². The fraction of sp³-hybridized carbons (Fsp3) is 0.778. The lowest BCUT2D eigenvalue weighted by Crippen LogP contribution is -2.56. The third-order valence-corrected chi connectivity index (χ3v) is 5.80. The van der Waals surface area contributed by atoms with Crippen molar-refractivity contribution in [3.05, 3.63) is 18.2 Å². The van der Waals surface area contributed by atoms with Gasteiger partial charge in [0.15, 0.2) is 0 Å². The molecule has 2 aliphatic heterocycles. The van der Waals surface area contributed by atoms with Gasteiger partial charge in [-0.05, 0) is 25.8 Å². The van der Waals surface area contributed by atoms with E-state index in [-0.39, 0.29) is 6.42 Å². The van der Waals surface area contributed by atoms with E-state index in [1.54, 1.807) is 0 Å². The summed E-state index contributed by atoms with van der Waals surface area (Å²) < 4.78 is 2.07. The molecule has 1 aromatic heterocycles. The van der Waals surface area contributed by atoms with Crippen LogP contribution >= 0.6 is 0 Å². The Bertz CT molecular complexity index is 568. The Kier molecular flexibility index (Phi) is 6.09. The lowest BCUT2D eigenvalue weighted by atomic mass is 9.86. The van der Waals surface area contributed by atoms with Crippen LogP contribution in [0.5, 0.6) is 0 Å². The number of likely N-dealkylation sites (N-methyl/N-ethyl adjacent to an activating group) is 1. The number of aryl methyl sites for hydroxylation is 1. The Labute approximate surface area is 150 Å². The Balaban J connectivity index is 1.63. The molecule has 2 saturated heterocycles. The molecule has 0 aliphatic carbocycles. The van der Waals surface area contributed by atoms with Gasteiger partial charge in [0, 0.05) is 71.2 Å². The van der Waals surface area contributed by atoms with Crippen molar-refractivity contribution in [3.63, 3.8) is 0 Å². The van der Waals surface area contributed by atoms with Crippen LogP contribution in [0.2, 0.25) is 0 Å². The van der Waals surface area contributed by atoms with Crippen LogP contribution in [0.1, 0.15) is 25.1 Å². The second-order valence-electron chi connectivity index (χ2n) is 7.58. The van der Waals surface area contributed by atoms with E-state index in [1.165, 1.54) is 0 Å². The van der Waals surface area contributed by atoms with Crippen molar-refractivity contribution in [2.24, 2.45) is 13.0 Å². The van der Waals surface area contributed by atoms with Gasteiger partial charge in [0.05, 0.1) is 6.54 Å². The SMILES string of the molecule is CN1CCN([C@H]2CCN(Cc3nccn3C)C[C@H]2CCC(=O)O)CC1. The zero-order chi connectivity index (χ0) is 17.8. The number of carboxylic acid groups (broad SMARTS) is 1. The average Bonchev–Trinajstić information content (AvgIpc) is 2.99. The second kappa shape index (κ2) is 8.29. The Morgan fingerprint density at radius 1 is 1.24 bits per heavy atom. The highest BCUT2D eigenvalue weighted by Crippen LogP contribution is 2.28. The molecule has 25 heavy (non-hydrogen) atoms. The number of carboxylic acids is 1. The molecule has 0 bridgehead atoms. The van der Waals surface area contributed by atoms with Gasteiger partial charge in [-0.25, -0.2) is 4.98 Å². The fourth-order valence-electron chi connectivity index (χ4n) is 4.21. The first-order chi connectivity index (χ1) is 12.0. The van der Waals surface area contributed by atoms with Gasteiger partial charge in [-0.2, -0.15) is 0 Å². The average molecular weight is 349 g/mol. The molecule has 2 atom stereocenters. The van der Waals surface area contributed by atoms with Crippen molar-refractivity contribution in [1.82, 2.24) is 24.3 Å². The molecule has 0 aromatic carbocycles. The Morgan fingerprint density at radius 2 is 2.00 bits per heavy atom. The summed E-state index contributed by atoms with van der Waals surface area (Å²) in [5.74, 6) is 0.821. The molecule has 0 radical (unpaired) electrons. The maximum absolute atomic E-state index is 11.1. The minimum Gasteiger partial charge on any atom is -0.481 e. The molecule has 140 valence electrons. The smallest absolute Gasteiger partial charge is 0.303 e. The number of likely N-dealkylation sites (tertiary alicyclic amines) is 1. The van der Waals surface area contributed by atoms with E-state index in [0.717, 1.165) is 64.5 Å². The molecule has 0 spiro atoms. The quantitative estimate of drug-likeness (QED) is 0.817. The molecule has 0 unspecified atom stereocenters. The number of imidazole rings is 1. The van der Waals surface area contributed by atoms with Gasteiger partial charge in [-0.15, -0.1) is 0 Å². The van der Waals surface area contributed by atoms with Crippen LogP contribution in [0.4, 0.5) is 0 Å². The van der Waals surface area contributed by atoms with Crippen molar-refractivity contribution in [3.8, 4) is 0 Å². The van der Waals surface area contributed by atoms with Crippen molar-refractivity contribution in [1.29, 1.82) is 0 Å². The molecule has 2 aliphatic rings. The number of hydrogen-bond acceptors (Lipinski definition) is 5. The Hall–Kier alpha value is -1.44. The van der Waals surface area contributed by atoms with Gasteiger partial charge in [0.25, 0.3) is 0 Å². The summed E-state index contributed by atoms with van der Waals surface area (Å²) in [6.07, 6.45) is 5.98. The number of rotatable bonds is 6. The summed E-state index contributed by atoms with van der Waals surface area (Å²) in [7, 11) is 4.20. The molecule has 0 saturated carbocycles. The fourth-order valence-corrected chi connectivity index (χ4v) is 4.21. The second-order valence-corrected chi connectivity index (χ2v) is 7.58. The zero-order valence-electron chi connectivity index (χ0n) is 15.5. The van der Waals surface area contributed by atoms with E-state index in [2.05, 4.69) is 31.3 Å². The zero-order valence-corrected chi connectivity index (χ0v) is 15.5. The van der Waals surface area contributed by atoms with Crippen molar-refractivity contribution in [2.75, 3.05) is 46.3 Å². The predicted octanol–water partition coefficient (Wildman–Crippen LogP) is 0.723. The number of nitrogens with zero attached hydrogens (tertiary/aromatic N) is 5. The van der Waals surface area contributed by atoms with E-state index in [0.29, 0.717) is 12.0 Å². The minimum absolute atomic E-state index is 0.269. The maximum Gasteiger partial charge on any atom is 0.303 e. The largest absolute Gasteiger partial charge is 0.481 e. The van der Waals surface area contributed by atoms with E-state index in [9.17, 15) is 4.79 Å². The molecule has 1 N–H and O–H groups in total. The van der Waals surface area contributed by atoms with Crippen LogP contribution in [0, 0.1) is 5.92 Å². The number of piperidine rings is 1. The van der Waals surface area contributed by atoms with Crippen LogP contribution in [-0.4, -0.2) is 87.7 Å². The van der Waals surface area contributed by atoms with E-state index >= 15 is 0 Å². The van der Waals surface area contributed by atoms with Crippen molar-refractivity contribution >= 4 is 5.97 Å². The van der Waals surface area contributed by atoms with Crippen LogP contribution in [0.15, 0.2) is 12.4 Å². The van der Waals surface area contributed by atoms with Crippen molar-refractivity contribution < 1.29 is 9.90 Å². The molecular weight excluding hydrogens is 318 g/mol. The molecule has 1 aromatic rings. The van der Waals surface area contributed by atoms with Gasteiger partial charge in [-0.1, -0.05) is 0 Å². The number of aliphatic carboxylic acids is 1. The summed E-state index contributed by atoms with van der Waals surface area (Å²) in [4.78, 5) is 23.0. The maximum atomic E-state index is 11.1. The molecule has 3 heterocycles. The molecule has 7 heteroatoms. The highest BCUT2D eigenvalue weighted by Gasteiger charge is 2.34. The van der Waals surface area contributed by atoms with Gasteiger partial charge in [-0.3, -0.25) is 14.6 Å². The van der Waals surface area contributed by atoms with Gasteiger partial charge in [0.1, 0.15) is 5.82 Å². The van der Waals surface area contributed by atoms with Gasteiger partial charge >= 0.3 is 5.97 Å². The summed E-state index contributed by atoms with van der Waals surface area (Å²) >= 11 is 0. The number of aromatic nitrogens is 2. The number of hydrogen-bond donors (Lipinski definition) is 1. The lowest BCUT2D eigenvalue weighted by Gasteiger charge is -2.46. The highest BCUT2D eigenvalue weighted by atomic mass is 16.4. The van der Waals surface area contributed by atoms with Crippen molar-refractivity contribution in [2.45, 2.75) is 31.8 Å². The van der Waals surface area contributed by atoms with Crippen LogP contribution < -0.4 is 0 Å². The standard InChI is InChI=1S/C18H31N5O2/c1-20-9-11-23(12-10-20)16-5-7-22(13-15(16)3-4-18(24)25)14-17-19-6-8-21(17)2/h6,8,15-16H,3-5,7,9-14H2,1-2H3,(H,24,25)/t15-,16+/m1/s1. The van der Waals surface area contributed by atoms with Gasteiger partial charge in [0.2, 0.25) is 0 Å². The summed E-state index contributed by atoms with van der Waals surface area (Å²) in [5.41, 5.74) is 0. The third kappa shape index (κ3) is 4.80. The summed E-state index contributed by atoms with van der Waals surface area (Å²) in [6.45, 7) is 7.31. The van der Waals surface area contributed by atoms with Gasteiger partial charge < -0.3 is 14.6 Å². The molecule has 3 rings (SSSR count). The Morgan fingerprint density at radius 3 is 2.64 bits per heavy atom. The first-order valence-electron chi connectivity index (χ1n) is 9.36. The van der Waals surface area contributed by atoms with Crippen LogP contribution in [0.25, 0.3) is 0 Å². The molecule has 7 nitrogen and oxygen atoms in total. The topological polar surface area (TPSA) is 64.8 Å². The normalized spacial score (nSPS) is 26.8. The van der Waals surface area contributed by atoms with E-state index in [1.807, 2.05) is 19.4 Å². The molecule has 2 fully saturated rings. The lowest BCUT2D eigenvalue weighted by molar-refractivity contribution is -0.137. The monoisotopic (exact) mass is 349 g/mol. The number of piperazine rings is 1. The minimum atomic E-state index is -0.682. The van der Waals surface area contributed by atoms with E-state index < -0.39 is 5.97 Å².